The van der Waals surface area contributed by atoms with E-state index in [0.29, 0.717) is 12.3 Å². The first kappa shape index (κ1) is 17.9. The van der Waals surface area contributed by atoms with Gasteiger partial charge in [0.2, 0.25) is 15.9 Å². The molecule has 128 valence electrons. The monoisotopic (exact) mass is 338 g/mol. The van der Waals surface area contributed by atoms with Gasteiger partial charge in [0.05, 0.1) is 10.9 Å². The van der Waals surface area contributed by atoms with E-state index in [9.17, 15) is 13.2 Å². The first-order valence-corrected chi connectivity index (χ1v) is 9.72. The molecule has 0 aliphatic heterocycles. The van der Waals surface area contributed by atoms with Gasteiger partial charge in [-0.15, -0.1) is 0 Å². The number of sulfonamides is 1. The molecule has 0 spiro atoms. The molecular formula is C17H26N2O3S. The van der Waals surface area contributed by atoms with Crippen molar-refractivity contribution in [3.8, 4) is 0 Å². The van der Waals surface area contributed by atoms with Gasteiger partial charge in [-0.3, -0.25) is 4.79 Å². The lowest BCUT2D eigenvalue weighted by Crippen LogP contribution is -2.29. The fourth-order valence-electron chi connectivity index (χ4n) is 3.18. The van der Waals surface area contributed by atoms with Crippen molar-refractivity contribution in [2.45, 2.75) is 56.4 Å². The standard InChI is InChI=1S/C17H26N2O3S/c1-13(15-8-10-16(11-9-15)23(18,21)22)19(2)17(20)12-7-14-5-3-4-6-14/h8-11,13-14H,3-7,12H2,1-2H3,(H2,18,21,22). The Bertz CT molecular complexity index is 634. The molecular weight excluding hydrogens is 312 g/mol. The highest BCUT2D eigenvalue weighted by atomic mass is 32.2. The molecule has 0 saturated heterocycles. The highest BCUT2D eigenvalue weighted by Gasteiger charge is 2.21. The van der Waals surface area contributed by atoms with Crippen molar-refractivity contribution in [3.05, 3.63) is 29.8 Å². The number of benzene rings is 1. The number of hydrogen-bond acceptors (Lipinski definition) is 3. The Kier molecular flexibility index (Phi) is 5.81. The summed E-state index contributed by atoms with van der Waals surface area (Å²) in [4.78, 5) is 14.2. The lowest BCUT2D eigenvalue weighted by molar-refractivity contribution is -0.132. The van der Waals surface area contributed by atoms with Crippen molar-refractivity contribution in [1.82, 2.24) is 4.90 Å². The third-order valence-electron chi connectivity index (χ3n) is 4.91. The van der Waals surface area contributed by atoms with Crippen LogP contribution < -0.4 is 5.14 Å². The summed E-state index contributed by atoms with van der Waals surface area (Å²) in [7, 11) is -1.88. The van der Waals surface area contributed by atoms with Crippen molar-refractivity contribution >= 4 is 15.9 Å². The smallest absolute Gasteiger partial charge is 0.238 e. The zero-order chi connectivity index (χ0) is 17.0. The molecule has 1 aliphatic carbocycles. The minimum absolute atomic E-state index is 0.0867. The number of nitrogens with zero attached hydrogens (tertiary/aromatic N) is 1. The van der Waals surface area contributed by atoms with Gasteiger partial charge < -0.3 is 4.90 Å². The molecule has 1 atom stereocenters. The lowest BCUT2D eigenvalue weighted by Gasteiger charge is -2.26. The Morgan fingerprint density at radius 3 is 2.35 bits per heavy atom. The van der Waals surface area contributed by atoms with Gasteiger partial charge in [0, 0.05) is 13.5 Å². The van der Waals surface area contributed by atoms with Crippen LogP contribution in [0.25, 0.3) is 0 Å². The quantitative estimate of drug-likeness (QED) is 0.866. The number of hydrogen-bond donors (Lipinski definition) is 1. The van der Waals surface area contributed by atoms with E-state index < -0.39 is 10.0 Å². The van der Waals surface area contributed by atoms with Crippen LogP contribution in [0.1, 0.15) is 57.1 Å². The Balaban J connectivity index is 1.95. The zero-order valence-electron chi connectivity index (χ0n) is 13.9. The molecule has 2 rings (SSSR count). The van der Waals surface area contributed by atoms with Crippen LogP contribution in [0.3, 0.4) is 0 Å². The van der Waals surface area contributed by atoms with Crippen molar-refractivity contribution in [2.24, 2.45) is 11.1 Å². The molecule has 1 fully saturated rings. The van der Waals surface area contributed by atoms with Crippen LogP contribution in [-0.2, 0) is 14.8 Å². The van der Waals surface area contributed by atoms with Gasteiger partial charge >= 0.3 is 0 Å². The van der Waals surface area contributed by atoms with Gasteiger partial charge in [0.15, 0.2) is 0 Å². The first-order valence-electron chi connectivity index (χ1n) is 8.17. The number of carbonyl (C=O) groups excluding carboxylic acids is 1. The summed E-state index contributed by atoms with van der Waals surface area (Å²) in [5.41, 5.74) is 0.897. The van der Waals surface area contributed by atoms with Crippen LogP contribution in [-0.4, -0.2) is 26.3 Å². The number of primary sulfonamides is 1. The van der Waals surface area contributed by atoms with Crippen molar-refractivity contribution in [1.29, 1.82) is 0 Å². The molecule has 1 unspecified atom stereocenters. The second kappa shape index (κ2) is 7.45. The highest BCUT2D eigenvalue weighted by Crippen LogP contribution is 2.29. The molecule has 1 saturated carbocycles. The van der Waals surface area contributed by atoms with E-state index in [1.54, 1.807) is 24.1 Å². The molecule has 0 heterocycles. The largest absolute Gasteiger partial charge is 0.339 e. The van der Waals surface area contributed by atoms with E-state index in [4.69, 9.17) is 5.14 Å². The molecule has 1 aromatic carbocycles. The Morgan fingerprint density at radius 1 is 1.26 bits per heavy atom. The Labute approximate surface area is 138 Å². The van der Waals surface area contributed by atoms with Crippen LogP contribution in [0.2, 0.25) is 0 Å². The second-order valence-corrected chi connectivity index (χ2v) is 8.05. The second-order valence-electron chi connectivity index (χ2n) is 6.48. The molecule has 0 aromatic heterocycles. The molecule has 6 heteroatoms. The first-order chi connectivity index (χ1) is 10.8. The van der Waals surface area contributed by atoms with Crippen LogP contribution in [0.15, 0.2) is 29.2 Å². The molecule has 5 nitrogen and oxygen atoms in total. The van der Waals surface area contributed by atoms with E-state index >= 15 is 0 Å². The molecule has 1 aromatic rings. The fourth-order valence-corrected chi connectivity index (χ4v) is 3.69. The summed E-state index contributed by atoms with van der Waals surface area (Å²) >= 11 is 0. The van der Waals surface area contributed by atoms with Crippen LogP contribution in [0.4, 0.5) is 0 Å². The average Bonchev–Trinajstić information content (AvgIpc) is 3.04. The van der Waals surface area contributed by atoms with Crippen LogP contribution in [0.5, 0.6) is 0 Å². The summed E-state index contributed by atoms with van der Waals surface area (Å²) in [6.45, 7) is 1.94. The summed E-state index contributed by atoms with van der Waals surface area (Å²) in [6.07, 6.45) is 6.65. The third kappa shape index (κ3) is 4.78. The van der Waals surface area contributed by atoms with E-state index in [2.05, 4.69) is 0 Å². The molecule has 1 amide bonds. The Morgan fingerprint density at radius 2 is 1.83 bits per heavy atom. The van der Waals surface area contributed by atoms with E-state index in [0.717, 1.165) is 12.0 Å². The van der Waals surface area contributed by atoms with Gasteiger partial charge in [0.1, 0.15) is 0 Å². The third-order valence-corrected chi connectivity index (χ3v) is 5.84. The van der Waals surface area contributed by atoms with Crippen molar-refractivity contribution < 1.29 is 13.2 Å². The SMILES string of the molecule is CC(c1ccc(S(N)(=O)=O)cc1)N(C)C(=O)CCC1CCCC1. The normalized spacial score (nSPS) is 17.2. The van der Waals surface area contributed by atoms with Crippen LogP contribution in [0, 0.1) is 5.92 Å². The van der Waals surface area contributed by atoms with Crippen molar-refractivity contribution in [2.75, 3.05) is 7.05 Å². The Hall–Kier alpha value is -1.40. The minimum atomic E-state index is -3.68. The fraction of sp³-hybridized carbons (Fsp3) is 0.588. The maximum Gasteiger partial charge on any atom is 0.238 e. The minimum Gasteiger partial charge on any atom is -0.339 e. The average molecular weight is 338 g/mol. The lowest BCUT2D eigenvalue weighted by atomic mass is 10.0. The summed E-state index contributed by atoms with van der Waals surface area (Å²) < 4.78 is 22.6. The summed E-state index contributed by atoms with van der Waals surface area (Å²) in [6, 6.07) is 6.30. The van der Waals surface area contributed by atoms with E-state index in [1.165, 1.54) is 37.8 Å². The molecule has 0 bridgehead atoms. The number of nitrogens with two attached hydrogens (primary N) is 1. The maximum absolute atomic E-state index is 12.4. The predicted molar refractivity (Wildman–Crippen MR) is 90.2 cm³/mol. The summed E-state index contributed by atoms with van der Waals surface area (Å²) in [5.74, 6) is 0.844. The highest BCUT2D eigenvalue weighted by molar-refractivity contribution is 7.89. The molecule has 1 aliphatic rings. The summed E-state index contributed by atoms with van der Waals surface area (Å²) in [5, 5.41) is 5.10. The van der Waals surface area contributed by atoms with Gasteiger partial charge in [0.25, 0.3) is 0 Å². The predicted octanol–water partition coefficient (Wildman–Crippen LogP) is 2.82. The van der Waals surface area contributed by atoms with Gasteiger partial charge in [-0.25, -0.2) is 13.6 Å². The maximum atomic E-state index is 12.4. The zero-order valence-corrected chi connectivity index (χ0v) is 14.7. The van der Waals surface area contributed by atoms with E-state index in [-0.39, 0.29) is 16.8 Å². The van der Waals surface area contributed by atoms with E-state index in [1.807, 2.05) is 6.92 Å². The molecule has 0 radical (unpaired) electrons. The number of rotatable bonds is 6. The van der Waals surface area contributed by atoms with Crippen molar-refractivity contribution in [3.63, 3.8) is 0 Å². The number of carbonyl (C=O) groups is 1. The molecule has 23 heavy (non-hydrogen) atoms. The van der Waals surface area contributed by atoms with Gasteiger partial charge in [-0.1, -0.05) is 37.8 Å². The van der Waals surface area contributed by atoms with Crippen LogP contribution >= 0.6 is 0 Å². The number of amides is 1. The van der Waals surface area contributed by atoms with Gasteiger partial charge in [-0.05, 0) is 37.0 Å². The molecule has 2 N–H and O–H groups in total. The van der Waals surface area contributed by atoms with Gasteiger partial charge in [-0.2, -0.15) is 0 Å². The topological polar surface area (TPSA) is 80.5 Å².